The van der Waals surface area contributed by atoms with E-state index in [1.54, 1.807) is 24.3 Å². The molecule has 0 aromatic heterocycles. The highest BCUT2D eigenvalue weighted by Crippen LogP contribution is 2.15. The van der Waals surface area contributed by atoms with Crippen molar-refractivity contribution in [2.75, 3.05) is 13.2 Å². The lowest BCUT2D eigenvalue weighted by Crippen LogP contribution is -2.24. The predicted molar refractivity (Wildman–Crippen MR) is 67.7 cm³/mol. The van der Waals surface area contributed by atoms with Gasteiger partial charge in [0.2, 0.25) is 10.0 Å². The van der Waals surface area contributed by atoms with Crippen LogP contribution in [0.25, 0.3) is 0 Å². The molecule has 17 heavy (non-hydrogen) atoms. The molecule has 4 nitrogen and oxygen atoms in total. The molecule has 0 saturated heterocycles. The van der Waals surface area contributed by atoms with E-state index in [1.165, 1.54) is 0 Å². The lowest BCUT2D eigenvalue weighted by Gasteiger charge is -2.07. The van der Waals surface area contributed by atoms with E-state index < -0.39 is 10.0 Å². The van der Waals surface area contributed by atoms with Gasteiger partial charge in [0.05, 0.1) is 11.5 Å². The normalized spacial score (nSPS) is 11.4. The molecule has 1 aromatic rings. The third-order valence-electron chi connectivity index (χ3n) is 2.15. The number of rotatable bonds is 7. The van der Waals surface area contributed by atoms with E-state index >= 15 is 0 Å². The van der Waals surface area contributed by atoms with E-state index in [0.717, 1.165) is 12.8 Å². The van der Waals surface area contributed by atoms with Crippen LogP contribution in [0.2, 0.25) is 0 Å². The molecule has 0 atom stereocenters. The zero-order valence-corrected chi connectivity index (χ0v) is 11.1. The Kier molecular flexibility index (Phi) is 5.44. The van der Waals surface area contributed by atoms with Crippen molar-refractivity contribution in [3.63, 3.8) is 0 Å². The third-order valence-corrected chi connectivity index (χ3v) is 3.63. The van der Waals surface area contributed by atoms with Crippen LogP contribution in [0.4, 0.5) is 0 Å². The molecular weight excluding hydrogens is 238 g/mol. The van der Waals surface area contributed by atoms with Crippen LogP contribution in [-0.2, 0) is 10.0 Å². The number of sulfonamides is 1. The van der Waals surface area contributed by atoms with Gasteiger partial charge in [0.1, 0.15) is 5.75 Å². The van der Waals surface area contributed by atoms with E-state index in [2.05, 4.69) is 4.72 Å². The van der Waals surface area contributed by atoms with Crippen molar-refractivity contribution >= 4 is 10.0 Å². The molecule has 1 rings (SSSR count). The number of nitrogens with one attached hydrogen (secondary N) is 1. The Balaban J connectivity index is 2.73. The molecule has 0 bridgehead atoms. The molecule has 1 N–H and O–H groups in total. The first-order valence-corrected chi connectivity index (χ1v) is 7.31. The molecular formula is C12H19NO3S. The van der Waals surface area contributed by atoms with E-state index in [-0.39, 0.29) is 4.90 Å². The summed E-state index contributed by atoms with van der Waals surface area (Å²) in [5.41, 5.74) is 0. The molecule has 0 fully saturated rings. The van der Waals surface area contributed by atoms with Gasteiger partial charge in [0.25, 0.3) is 0 Å². The Hall–Kier alpha value is -1.07. The average molecular weight is 257 g/mol. The fourth-order valence-corrected chi connectivity index (χ4v) is 2.39. The largest absolute Gasteiger partial charge is 0.494 e. The fourth-order valence-electron chi connectivity index (χ4n) is 1.25. The number of hydrogen-bond acceptors (Lipinski definition) is 3. The highest BCUT2D eigenvalue weighted by atomic mass is 32.2. The predicted octanol–water partition coefficient (Wildman–Crippen LogP) is 2.16. The maximum Gasteiger partial charge on any atom is 0.240 e. The standard InChI is InChI=1S/C12H19NO3S/c1-3-9-13-17(14,15)12-7-5-11(6-8-12)16-10-4-2/h5-8,13H,3-4,9-10H2,1-2H3. The molecule has 96 valence electrons. The van der Waals surface area contributed by atoms with Gasteiger partial charge in [-0.05, 0) is 37.1 Å². The average Bonchev–Trinajstić information content (AvgIpc) is 2.34. The van der Waals surface area contributed by atoms with Crippen molar-refractivity contribution in [3.8, 4) is 5.75 Å². The van der Waals surface area contributed by atoms with Gasteiger partial charge in [0, 0.05) is 6.54 Å². The Bertz CT molecular complexity index is 426. The summed E-state index contributed by atoms with van der Waals surface area (Å²) in [5, 5.41) is 0. The maximum absolute atomic E-state index is 11.8. The summed E-state index contributed by atoms with van der Waals surface area (Å²) in [7, 11) is -3.37. The molecule has 0 aliphatic heterocycles. The molecule has 0 amide bonds. The smallest absolute Gasteiger partial charge is 0.240 e. The van der Waals surface area contributed by atoms with Gasteiger partial charge in [0.15, 0.2) is 0 Å². The van der Waals surface area contributed by atoms with Crippen molar-refractivity contribution in [1.29, 1.82) is 0 Å². The van der Waals surface area contributed by atoms with Crippen LogP contribution in [0.1, 0.15) is 26.7 Å². The number of benzene rings is 1. The van der Waals surface area contributed by atoms with Crippen LogP contribution in [0.15, 0.2) is 29.2 Å². The Morgan fingerprint density at radius 3 is 2.29 bits per heavy atom. The topological polar surface area (TPSA) is 55.4 Å². The molecule has 5 heteroatoms. The summed E-state index contributed by atoms with van der Waals surface area (Å²) in [6.45, 7) is 5.04. The maximum atomic E-state index is 11.8. The molecule has 0 spiro atoms. The summed E-state index contributed by atoms with van der Waals surface area (Å²) in [5.74, 6) is 0.696. The van der Waals surface area contributed by atoms with E-state index in [9.17, 15) is 8.42 Å². The van der Waals surface area contributed by atoms with Crippen molar-refractivity contribution < 1.29 is 13.2 Å². The first kappa shape index (κ1) is 14.0. The summed E-state index contributed by atoms with van der Waals surface area (Å²) in [6.07, 6.45) is 1.70. The molecule has 0 heterocycles. The fraction of sp³-hybridized carbons (Fsp3) is 0.500. The Labute approximate surface area is 103 Å². The SMILES string of the molecule is CCCNS(=O)(=O)c1ccc(OCCC)cc1. The number of ether oxygens (including phenoxy) is 1. The van der Waals surface area contributed by atoms with Gasteiger partial charge < -0.3 is 4.74 Å². The first-order valence-electron chi connectivity index (χ1n) is 5.82. The van der Waals surface area contributed by atoms with Crippen LogP contribution in [0, 0.1) is 0 Å². The minimum atomic E-state index is -3.37. The van der Waals surface area contributed by atoms with E-state index in [4.69, 9.17) is 4.74 Å². The van der Waals surface area contributed by atoms with Gasteiger partial charge in [-0.2, -0.15) is 0 Å². The van der Waals surface area contributed by atoms with Crippen molar-refractivity contribution in [2.24, 2.45) is 0 Å². The molecule has 0 aliphatic rings. The second kappa shape index (κ2) is 6.61. The highest BCUT2D eigenvalue weighted by Gasteiger charge is 2.12. The highest BCUT2D eigenvalue weighted by molar-refractivity contribution is 7.89. The van der Waals surface area contributed by atoms with Gasteiger partial charge in [-0.1, -0.05) is 13.8 Å². The van der Waals surface area contributed by atoms with Crippen LogP contribution in [-0.4, -0.2) is 21.6 Å². The summed E-state index contributed by atoms with van der Waals surface area (Å²) >= 11 is 0. The Morgan fingerprint density at radius 1 is 1.12 bits per heavy atom. The van der Waals surface area contributed by atoms with Gasteiger partial charge >= 0.3 is 0 Å². The lowest BCUT2D eigenvalue weighted by atomic mass is 10.3. The van der Waals surface area contributed by atoms with Crippen molar-refractivity contribution in [1.82, 2.24) is 4.72 Å². The number of hydrogen-bond donors (Lipinski definition) is 1. The Morgan fingerprint density at radius 2 is 1.76 bits per heavy atom. The molecule has 0 radical (unpaired) electrons. The summed E-state index contributed by atoms with van der Waals surface area (Å²) < 4.78 is 31.4. The lowest BCUT2D eigenvalue weighted by molar-refractivity contribution is 0.317. The minimum absolute atomic E-state index is 0.273. The second-order valence-corrected chi connectivity index (χ2v) is 5.48. The zero-order valence-electron chi connectivity index (χ0n) is 10.3. The molecule has 0 saturated carbocycles. The van der Waals surface area contributed by atoms with Crippen molar-refractivity contribution in [2.45, 2.75) is 31.6 Å². The molecule has 0 unspecified atom stereocenters. The molecule has 0 aliphatic carbocycles. The monoisotopic (exact) mass is 257 g/mol. The summed E-state index contributed by atoms with van der Waals surface area (Å²) in [4.78, 5) is 0.273. The van der Waals surface area contributed by atoms with Gasteiger partial charge in [-0.3, -0.25) is 0 Å². The quantitative estimate of drug-likeness (QED) is 0.814. The van der Waals surface area contributed by atoms with Crippen LogP contribution in [0.5, 0.6) is 5.75 Å². The van der Waals surface area contributed by atoms with Crippen molar-refractivity contribution in [3.05, 3.63) is 24.3 Å². The van der Waals surface area contributed by atoms with Crippen LogP contribution >= 0.6 is 0 Å². The zero-order chi connectivity index (χ0) is 12.7. The van der Waals surface area contributed by atoms with E-state index in [0.29, 0.717) is 18.9 Å². The summed E-state index contributed by atoms with van der Waals surface area (Å²) in [6, 6.07) is 6.47. The third kappa shape index (κ3) is 4.36. The van der Waals surface area contributed by atoms with E-state index in [1.807, 2.05) is 13.8 Å². The second-order valence-electron chi connectivity index (χ2n) is 3.72. The van der Waals surface area contributed by atoms with Crippen LogP contribution in [0.3, 0.4) is 0 Å². The first-order chi connectivity index (χ1) is 8.10. The van der Waals surface area contributed by atoms with Gasteiger partial charge in [-0.15, -0.1) is 0 Å². The minimum Gasteiger partial charge on any atom is -0.494 e. The van der Waals surface area contributed by atoms with Gasteiger partial charge in [-0.25, -0.2) is 13.1 Å². The molecule has 1 aromatic carbocycles. The van der Waals surface area contributed by atoms with Crippen LogP contribution < -0.4 is 9.46 Å².